The van der Waals surface area contributed by atoms with Crippen molar-refractivity contribution in [1.29, 1.82) is 5.41 Å². The smallest absolute Gasteiger partial charge is 0.159 e. The van der Waals surface area contributed by atoms with Gasteiger partial charge in [-0.1, -0.05) is 27.7 Å². The molecule has 0 bridgehead atoms. The fourth-order valence-corrected chi connectivity index (χ4v) is 1.18. The Labute approximate surface area is 83.6 Å². The van der Waals surface area contributed by atoms with Crippen LogP contribution in [0.4, 0.5) is 5.82 Å². The zero-order chi connectivity index (χ0) is 8.97. The van der Waals surface area contributed by atoms with Crippen molar-refractivity contribution in [1.82, 2.24) is 4.98 Å². The molecule has 0 saturated heterocycles. The lowest BCUT2D eigenvalue weighted by Crippen LogP contribution is -2.06. The van der Waals surface area contributed by atoms with E-state index in [1.807, 2.05) is 18.4 Å². The highest BCUT2D eigenvalue weighted by Crippen LogP contribution is 2.13. The van der Waals surface area contributed by atoms with Crippen LogP contribution in [0.5, 0.6) is 0 Å². The third-order valence-electron chi connectivity index (χ3n) is 1.17. The quantitative estimate of drug-likeness (QED) is 0.591. The highest BCUT2D eigenvalue weighted by Gasteiger charge is 1.96. The van der Waals surface area contributed by atoms with Crippen molar-refractivity contribution < 1.29 is 0 Å². The second-order valence-electron chi connectivity index (χ2n) is 2.02. The van der Waals surface area contributed by atoms with Crippen LogP contribution in [-0.2, 0) is 0 Å². The maximum Gasteiger partial charge on any atom is 0.159 e. The minimum atomic E-state index is 0.389. The van der Waals surface area contributed by atoms with Gasteiger partial charge in [0.2, 0.25) is 0 Å². The van der Waals surface area contributed by atoms with Gasteiger partial charge in [-0.15, -0.1) is 0 Å². The molecule has 0 saturated carbocycles. The van der Waals surface area contributed by atoms with Crippen LogP contribution in [0.1, 0.15) is 0 Å². The van der Waals surface area contributed by atoms with Crippen LogP contribution in [-0.4, -0.2) is 16.4 Å². The summed E-state index contributed by atoms with van der Waals surface area (Å²) in [5, 5.41) is 10.6. The molecule has 0 fully saturated rings. The predicted molar refractivity (Wildman–Crippen MR) is 56.8 cm³/mol. The third kappa shape index (κ3) is 2.83. The van der Waals surface area contributed by atoms with E-state index in [4.69, 9.17) is 5.41 Å². The number of nitrogens with one attached hydrogen (secondary N) is 2. The zero-order valence-electron chi connectivity index (χ0n) is 6.47. The molecule has 0 spiro atoms. The Hall–Kier alpha value is -0.550. The van der Waals surface area contributed by atoms with Gasteiger partial charge in [-0.05, 0) is 18.4 Å². The maximum absolute atomic E-state index is 7.34. The number of halogens is 1. The van der Waals surface area contributed by atoms with E-state index in [2.05, 4.69) is 26.2 Å². The standard InChI is InChI=1S/C7H8BrN3S/c1-12-7(9)11-6-4-5(8)2-3-10-6/h2-4H,1H3,(H2,9,10,11). The number of nitrogens with zero attached hydrogens (tertiary/aromatic N) is 1. The van der Waals surface area contributed by atoms with Gasteiger partial charge in [0.1, 0.15) is 5.82 Å². The molecule has 1 aromatic heterocycles. The lowest BCUT2D eigenvalue weighted by molar-refractivity contribution is 1.31. The summed E-state index contributed by atoms with van der Waals surface area (Å²) in [6, 6.07) is 3.67. The van der Waals surface area contributed by atoms with Crippen molar-refractivity contribution in [2.24, 2.45) is 0 Å². The summed E-state index contributed by atoms with van der Waals surface area (Å²) in [7, 11) is 0. The number of amidine groups is 1. The normalized spacial score (nSPS) is 9.50. The lowest BCUT2D eigenvalue weighted by atomic mass is 10.5. The molecule has 1 aromatic rings. The lowest BCUT2D eigenvalue weighted by Gasteiger charge is -2.03. The van der Waals surface area contributed by atoms with Gasteiger partial charge in [-0.3, -0.25) is 5.41 Å². The Morgan fingerprint density at radius 1 is 1.75 bits per heavy atom. The molecular formula is C7H8BrN3S. The summed E-state index contributed by atoms with van der Waals surface area (Å²) < 4.78 is 0.953. The number of pyridine rings is 1. The first-order chi connectivity index (χ1) is 5.72. The van der Waals surface area contributed by atoms with E-state index < -0.39 is 0 Å². The molecule has 0 radical (unpaired) electrons. The van der Waals surface area contributed by atoms with Crippen molar-refractivity contribution >= 4 is 38.7 Å². The van der Waals surface area contributed by atoms with Crippen LogP contribution in [0.2, 0.25) is 0 Å². The van der Waals surface area contributed by atoms with E-state index in [0.29, 0.717) is 11.0 Å². The van der Waals surface area contributed by atoms with Crippen LogP contribution in [0.25, 0.3) is 0 Å². The number of aromatic nitrogens is 1. The van der Waals surface area contributed by atoms with E-state index in [1.165, 1.54) is 11.8 Å². The molecule has 1 rings (SSSR count). The molecule has 64 valence electrons. The van der Waals surface area contributed by atoms with Crippen molar-refractivity contribution in [2.75, 3.05) is 11.6 Å². The van der Waals surface area contributed by atoms with Crippen molar-refractivity contribution in [3.05, 3.63) is 22.8 Å². The summed E-state index contributed by atoms with van der Waals surface area (Å²) in [5.41, 5.74) is 0. The first kappa shape index (κ1) is 9.54. The topological polar surface area (TPSA) is 48.8 Å². The largest absolute Gasteiger partial charge is 0.320 e. The van der Waals surface area contributed by atoms with E-state index in [0.717, 1.165) is 4.47 Å². The van der Waals surface area contributed by atoms with E-state index in [1.54, 1.807) is 6.20 Å². The van der Waals surface area contributed by atoms with Gasteiger partial charge in [0, 0.05) is 10.7 Å². The monoisotopic (exact) mass is 245 g/mol. The van der Waals surface area contributed by atoms with Gasteiger partial charge in [-0.25, -0.2) is 4.98 Å². The molecule has 0 aromatic carbocycles. The fourth-order valence-electron chi connectivity index (χ4n) is 0.640. The molecule has 0 aliphatic rings. The SMILES string of the molecule is CSC(=N)Nc1cc(Br)ccn1. The van der Waals surface area contributed by atoms with E-state index >= 15 is 0 Å². The second kappa shape index (κ2) is 4.47. The van der Waals surface area contributed by atoms with Crippen LogP contribution < -0.4 is 5.32 Å². The summed E-state index contributed by atoms with van der Waals surface area (Å²) in [4.78, 5) is 4.03. The van der Waals surface area contributed by atoms with Crippen LogP contribution in [0, 0.1) is 5.41 Å². The molecule has 0 aliphatic heterocycles. The van der Waals surface area contributed by atoms with Gasteiger partial charge in [0.25, 0.3) is 0 Å². The molecule has 0 aliphatic carbocycles. The Balaban J connectivity index is 2.69. The predicted octanol–water partition coefficient (Wildman–Crippen LogP) is 2.55. The Kier molecular flexibility index (Phi) is 3.55. The number of rotatable bonds is 1. The van der Waals surface area contributed by atoms with Crippen LogP contribution in [0.15, 0.2) is 22.8 Å². The fraction of sp³-hybridized carbons (Fsp3) is 0.143. The summed E-state index contributed by atoms with van der Waals surface area (Å²) in [5.74, 6) is 0.684. The van der Waals surface area contributed by atoms with Gasteiger partial charge in [0.05, 0.1) is 0 Å². The van der Waals surface area contributed by atoms with E-state index in [-0.39, 0.29) is 0 Å². The summed E-state index contributed by atoms with van der Waals surface area (Å²) in [6.45, 7) is 0. The average Bonchev–Trinajstić information content (AvgIpc) is 2.04. The first-order valence-electron chi connectivity index (χ1n) is 3.23. The molecule has 0 unspecified atom stereocenters. The Bertz CT molecular complexity index is 290. The molecule has 0 amide bonds. The Morgan fingerprint density at radius 2 is 2.50 bits per heavy atom. The number of hydrogen-bond acceptors (Lipinski definition) is 3. The molecule has 0 atom stereocenters. The number of hydrogen-bond donors (Lipinski definition) is 2. The third-order valence-corrected chi connectivity index (χ3v) is 2.17. The number of thioether (sulfide) groups is 1. The van der Waals surface area contributed by atoms with Crippen molar-refractivity contribution in [3.63, 3.8) is 0 Å². The maximum atomic E-state index is 7.34. The zero-order valence-corrected chi connectivity index (χ0v) is 8.87. The van der Waals surface area contributed by atoms with Crippen molar-refractivity contribution in [3.8, 4) is 0 Å². The number of anilines is 1. The van der Waals surface area contributed by atoms with Crippen molar-refractivity contribution in [2.45, 2.75) is 0 Å². The average molecular weight is 246 g/mol. The highest BCUT2D eigenvalue weighted by atomic mass is 79.9. The highest BCUT2D eigenvalue weighted by molar-refractivity contribution is 9.10. The minimum Gasteiger partial charge on any atom is -0.320 e. The van der Waals surface area contributed by atoms with Gasteiger partial charge in [-0.2, -0.15) is 0 Å². The van der Waals surface area contributed by atoms with Gasteiger partial charge < -0.3 is 5.32 Å². The first-order valence-corrected chi connectivity index (χ1v) is 5.25. The summed E-state index contributed by atoms with van der Waals surface area (Å²) >= 11 is 4.66. The van der Waals surface area contributed by atoms with Crippen LogP contribution >= 0.6 is 27.7 Å². The molecule has 3 nitrogen and oxygen atoms in total. The van der Waals surface area contributed by atoms with Crippen LogP contribution in [0.3, 0.4) is 0 Å². The van der Waals surface area contributed by atoms with Gasteiger partial charge in [0.15, 0.2) is 5.17 Å². The molecule has 2 N–H and O–H groups in total. The molecule has 1 heterocycles. The summed E-state index contributed by atoms with van der Waals surface area (Å²) in [6.07, 6.45) is 3.52. The molecule has 12 heavy (non-hydrogen) atoms. The molecular weight excluding hydrogens is 238 g/mol. The second-order valence-corrected chi connectivity index (χ2v) is 3.75. The molecule has 5 heteroatoms. The van der Waals surface area contributed by atoms with E-state index in [9.17, 15) is 0 Å². The van der Waals surface area contributed by atoms with Gasteiger partial charge >= 0.3 is 0 Å². The Morgan fingerprint density at radius 3 is 3.08 bits per heavy atom. The minimum absolute atomic E-state index is 0.389.